The smallest absolute Gasteiger partial charge is 0.242 e. The van der Waals surface area contributed by atoms with Crippen molar-refractivity contribution in [1.82, 2.24) is 0 Å². The van der Waals surface area contributed by atoms with E-state index in [2.05, 4.69) is 0 Å². The van der Waals surface area contributed by atoms with Gasteiger partial charge in [0.2, 0.25) is 6.43 Å². The zero-order chi connectivity index (χ0) is 7.56. The molecule has 0 unspecified atom stereocenters. The van der Waals surface area contributed by atoms with Gasteiger partial charge >= 0.3 is 0 Å². The van der Waals surface area contributed by atoms with Crippen molar-refractivity contribution in [2.24, 2.45) is 11.7 Å². The largest absolute Gasteiger partial charge is 0.327 e. The Hall–Kier alpha value is -0.180. The van der Waals surface area contributed by atoms with Crippen molar-refractivity contribution in [1.29, 1.82) is 0 Å². The molecule has 0 saturated heterocycles. The predicted molar refractivity (Wildman–Crippen MR) is 35.9 cm³/mol. The van der Waals surface area contributed by atoms with Crippen molar-refractivity contribution in [3.8, 4) is 0 Å². The van der Waals surface area contributed by atoms with E-state index in [4.69, 9.17) is 5.73 Å². The van der Waals surface area contributed by atoms with Crippen LogP contribution < -0.4 is 5.73 Å². The Morgan fingerprint density at radius 2 is 1.80 bits per heavy atom. The van der Waals surface area contributed by atoms with Crippen LogP contribution in [-0.2, 0) is 0 Å². The minimum absolute atomic E-state index is 0.256. The van der Waals surface area contributed by atoms with Gasteiger partial charge in [-0.15, -0.1) is 0 Å². The van der Waals surface area contributed by atoms with E-state index < -0.39 is 12.3 Å². The molecule has 3 heteroatoms. The summed E-state index contributed by atoms with van der Waals surface area (Å²) < 4.78 is 24.2. The van der Waals surface area contributed by atoms with E-state index in [1.54, 1.807) is 0 Å². The molecule has 0 aromatic heterocycles. The van der Waals surface area contributed by atoms with Gasteiger partial charge in [0.1, 0.15) is 0 Å². The molecule has 1 aliphatic carbocycles. The van der Waals surface area contributed by atoms with Crippen LogP contribution in [0.4, 0.5) is 8.78 Å². The number of rotatable bonds is 1. The molecule has 0 aliphatic heterocycles. The fraction of sp³-hybridized carbons (Fsp3) is 1.00. The van der Waals surface area contributed by atoms with Gasteiger partial charge in [-0.2, -0.15) is 0 Å². The van der Waals surface area contributed by atoms with E-state index in [1.807, 2.05) is 0 Å². The quantitative estimate of drug-likeness (QED) is 0.604. The summed E-state index contributed by atoms with van der Waals surface area (Å²) in [5.41, 5.74) is 5.50. The number of nitrogens with two attached hydrogens (primary N) is 1. The third kappa shape index (κ3) is 1.66. The molecule has 10 heavy (non-hydrogen) atoms. The molecule has 0 aromatic carbocycles. The van der Waals surface area contributed by atoms with Crippen molar-refractivity contribution in [3.63, 3.8) is 0 Å². The maximum absolute atomic E-state index is 12.1. The highest BCUT2D eigenvalue weighted by Crippen LogP contribution is 2.27. The Labute approximate surface area is 59.6 Å². The van der Waals surface area contributed by atoms with E-state index in [9.17, 15) is 8.78 Å². The highest BCUT2D eigenvalue weighted by atomic mass is 19.3. The summed E-state index contributed by atoms with van der Waals surface area (Å²) in [4.78, 5) is 0. The SMILES string of the molecule is N[C@H]1CCCC[C@@H]1C(F)F. The van der Waals surface area contributed by atoms with Gasteiger partial charge in [-0.25, -0.2) is 8.78 Å². The Kier molecular flexibility index (Phi) is 2.60. The van der Waals surface area contributed by atoms with E-state index >= 15 is 0 Å². The number of hydrogen-bond donors (Lipinski definition) is 1. The molecule has 0 spiro atoms. The first kappa shape index (κ1) is 7.92. The first-order valence-corrected chi connectivity index (χ1v) is 3.75. The fourth-order valence-electron chi connectivity index (χ4n) is 1.50. The number of halogens is 2. The van der Waals surface area contributed by atoms with Gasteiger partial charge in [0.25, 0.3) is 0 Å². The molecule has 0 radical (unpaired) electrons. The van der Waals surface area contributed by atoms with Gasteiger partial charge in [-0.1, -0.05) is 12.8 Å². The Morgan fingerprint density at radius 3 is 2.20 bits per heavy atom. The van der Waals surface area contributed by atoms with Crippen molar-refractivity contribution in [2.45, 2.75) is 38.2 Å². The van der Waals surface area contributed by atoms with Crippen molar-refractivity contribution in [2.75, 3.05) is 0 Å². The molecule has 0 bridgehead atoms. The highest BCUT2D eigenvalue weighted by Gasteiger charge is 2.29. The van der Waals surface area contributed by atoms with Crippen LogP contribution in [0, 0.1) is 5.92 Å². The van der Waals surface area contributed by atoms with Gasteiger partial charge in [-0.3, -0.25) is 0 Å². The van der Waals surface area contributed by atoms with Crippen LogP contribution in [0.1, 0.15) is 25.7 Å². The van der Waals surface area contributed by atoms with E-state index in [0.717, 1.165) is 19.3 Å². The monoisotopic (exact) mass is 149 g/mol. The van der Waals surface area contributed by atoms with Gasteiger partial charge < -0.3 is 5.73 Å². The minimum atomic E-state index is -2.21. The molecule has 1 rings (SSSR count). The van der Waals surface area contributed by atoms with Crippen LogP contribution in [0.25, 0.3) is 0 Å². The maximum Gasteiger partial charge on any atom is 0.242 e. The van der Waals surface area contributed by atoms with Crippen molar-refractivity contribution >= 4 is 0 Å². The molecule has 2 atom stereocenters. The molecule has 1 saturated carbocycles. The van der Waals surface area contributed by atoms with Gasteiger partial charge in [0, 0.05) is 12.0 Å². The standard InChI is InChI=1S/C7H13F2N/c8-7(9)5-3-1-2-4-6(5)10/h5-7H,1-4,10H2/t5-,6-/m0/s1. The lowest BCUT2D eigenvalue weighted by Gasteiger charge is -2.27. The highest BCUT2D eigenvalue weighted by molar-refractivity contribution is 4.79. The average Bonchev–Trinajstić information content (AvgIpc) is 1.88. The summed E-state index contributed by atoms with van der Waals surface area (Å²) in [6.07, 6.45) is 1.11. The summed E-state index contributed by atoms with van der Waals surface area (Å²) in [7, 11) is 0. The van der Waals surface area contributed by atoms with Crippen molar-refractivity contribution < 1.29 is 8.78 Å². The number of hydrogen-bond acceptors (Lipinski definition) is 1. The first-order valence-electron chi connectivity index (χ1n) is 3.75. The van der Waals surface area contributed by atoms with E-state index in [1.165, 1.54) is 0 Å². The predicted octanol–water partition coefficient (Wildman–Crippen LogP) is 1.77. The molecule has 0 heterocycles. The third-order valence-corrected chi connectivity index (χ3v) is 2.20. The van der Waals surface area contributed by atoms with E-state index in [-0.39, 0.29) is 6.04 Å². The summed E-state index contributed by atoms with van der Waals surface area (Å²) in [5.74, 6) is -0.534. The molecule has 60 valence electrons. The Morgan fingerprint density at radius 1 is 1.20 bits per heavy atom. The van der Waals surface area contributed by atoms with Crippen LogP contribution >= 0.6 is 0 Å². The van der Waals surface area contributed by atoms with Crippen LogP contribution in [0.2, 0.25) is 0 Å². The summed E-state index contributed by atoms with van der Waals surface area (Å²) in [5, 5.41) is 0. The zero-order valence-corrected chi connectivity index (χ0v) is 5.89. The molecule has 0 amide bonds. The molecule has 1 fully saturated rings. The van der Waals surface area contributed by atoms with Gasteiger partial charge in [-0.05, 0) is 12.8 Å². The van der Waals surface area contributed by atoms with Gasteiger partial charge in [0.05, 0.1) is 0 Å². The molecule has 1 nitrogen and oxygen atoms in total. The maximum atomic E-state index is 12.1. The summed E-state index contributed by atoms with van der Waals surface area (Å²) in [6, 6.07) is -0.256. The molecule has 2 N–H and O–H groups in total. The fourth-order valence-corrected chi connectivity index (χ4v) is 1.50. The molecular weight excluding hydrogens is 136 g/mol. The summed E-state index contributed by atoms with van der Waals surface area (Å²) in [6.45, 7) is 0. The lowest BCUT2D eigenvalue weighted by atomic mass is 9.85. The molecule has 0 aromatic rings. The molecule has 1 aliphatic rings. The van der Waals surface area contributed by atoms with Crippen LogP contribution in [0.5, 0.6) is 0 Å². The normalized spacial score (nSPS) is 34.8. The van der Waals surface area contributed by atoms with Crippen molar-refractivity contribution in [3.05, 3.63) is 0 Å². The second-order valence-corrected chi connectivity index (χ2v) is 2.95. The van der Waals surface area contributed by atoms with Crippen LogP contribution in [-0.4, -0.2) is 12.5 Å². The number of alkyl halides is 2. The van der Waals surface area contributed by atoms with E-state index in [0.29, 0.717) is 6.42 Å². The lowest BCUT2D eigenvalue weighted by molar-refractivity contribution is 0.0448. The molecular formula is C7H13F2N. The first-order chi connectivity index (χ1) is 4.72. The van der Waals surface area contributed by atoms with Crippen LogP contribution in [0.3, 0.4) is 0 Å². The summed E-state index contributed by atoms with van der Waals surface area (Å²) >= 11 is 0. The minimum Gasteiger partial charge on any atom is -0.327 e. The third-order valence-electron chi connectivity index (χ3n) is 2.20. The topological polar surface area (TPSA) is 26.0 Å². The average molecular weight is 149 g/mol. The van der Waals surface area contributed by atoms with Crippen LogP contribution in [0.15, 0.2) is 0 Å². The second-order valence-electron chi connectivity index (χ2n) is 2.95. The van der Waals surface area contributed by atoms with Gasteiger partial charge in [0.15, 0.2) is 0 Å². The Bertz CT molecular complexity index is 106. The zero-order valence-electron chi connectivity index (χ0n) is 5.89. The lowest BCUT2D eigenvalue weighted by Crippen LogP contribution is -2.37. The second kappa shape index (κ2) is 3.28. The Balaban J connectivity index is 2.40.